The lowest BCUT2D eigenvalue weighted by molar-refractivity contribution is 0.210. The molecule has 0 radical (unpaired) electrons. The second-order valence-corrected chi connectivity index (χ2v) is 6.09. The summed E-state index contributed by atoms with van der Waals surface area (Å²) in [4.78, 5) is 0. The Balaban J connectivity index is 2.15. The molecule has 0 aromatic carbocycles. The lowest BCUT2D eigenvalue weighted by Crippen LogP contribution is -2.25. The number of furan rings is 1. The standard InChI is InChI=1S/C15H28N2O/c1-15(2,3)14(6-8-16)5-4-9-17-11-13-7-10-18-12-13/h7,10,12,14,17H,4-6,8-9,11,16H2,1-3H3. The van der Waals surface area contributed by atoms with E-state index in [1.807, 2.05) is 6.07 Å². The third kappa shape index (κ3) is 5.69. The Morgan fingerprint density at radius 2 is 2.11 bits per heavy atom. The predicted molar refractivity (Wildman–Crippen MR) is 76.3 cm³/mol. The summed E-state index contributed by atoms with van der Waals surface area (Å²) in [7, 11) is 0. The van der Waals surface area contributed by atoms with Crippen LogP contribution in [-0.2, 0) is 6.54 Å². The molecule has 0 amide bonds. The van der Waals surface area contributed by atoms with E-state index >= 15 is 0 Å². The molecule has 3 N–H and O–H groups in total. The van der Waals surface area contributed by atoms with E-state index in [1.165, 1.54) is 18.4 Å². The Bertz CT molecular complexity index is 301. The van der Waals surface area contributed by atoms with Crippen molar-refractivity contribution >= 4 is 0 Å². The van der Waals surface area contributed by atoms with Gasteiger partial charge in [-0.2, -0.15) is 0 Å². The van der Waals surface area contributed by atoms with Crippen LogP contribution in [0.1, 0.15) is 45.6 Å². The molecule has 104 valence electrons. The molecule has 0 aliphatic rings. The molecule has 0 spiro atoms. The highest BCUT2D eigenvalue weighted by molar-refractivity contribution is 5.04. The van der Waals surface area contributed by atoms with Crippen molar-refractivity contribution in [1.29, 1.82) is 0 Å². The van der Waals surface area contributed by atoms with Gasteiger partial charge in [0.05, 0.1) is 12.5 Å². The zero-order valence-corrected chi connectivity index (χ0v) is 12.0. The van der Waals surface area contributed by atoms with Gasteiger partial charge in [0, 0.05) is 12.1 Å². The molecular formula is C15H28N2O. The van der Waals surface area contributed by atoms with E-state index < -0.39 is 0 Å². The van der Waals surface area contributed by atoms with Crippen molar-refractivity contribution in [3.05, 3.63) is 24.2 Å². The molecule has 3 nitrogen and oxygen atoms in total. The van der Waals surface area contributed by atoms with Crippen LogP contribution in [0.2, 0.25) is 0 Å². The molecule has 0 bridgehead atoms. The van der Waals surface area contributed by atoms with E-state index in [9.17, 15) is 0 Å². The second kappa shape index (κ2) is 7.59. The second-order valence-electron chi connectivity index (χ2n) is 6.09. The normalized spacial score (nSPS) is 13.8. The van der Waals surface area contributed by atoms with Crippen LogP contribution < -0.4 is 11.1 Å². The summed E-state index contributed by atoms with van der Waals surface area (Å²) in [6.45, 7) is 9.69. The van der Waals surface area contributed by atoms with Gasteiger partial charge in [0.25, 0.3) is 0 Å². The summed E-state index contributed by atoms with van der Waals surface area (Å²) in [5.74, 6) is 0.721. The maximum atomic E-state index is 5.69. The first-order chi connectivity index (χ1) is 8.54. The Kier molecular flexibility index (Phi) is 6.44. The molecule has 3 heteroatoms. The lowest BCUT2D eigenvalue weighted by atomic mass is 9.76. The Labute approximate surface area is 111 Å². The Hall–Kier alpha value is -0.800. The molecule has 0 aliphatic carbocycles. The summed E-state index contributed by atoms with van der Waals surface area (Å²) in [5.41, 5.74) is 7.27. The zero-order valence-electron chi connectivity index (χ0n) is 12.0. The number of hydrogen-bond donors (Lipinski definition) is 2. The van der Waals surface area contributed by atoms with Crippen molar-refractivity contribution in [2.45, 2.75) is 46.6 Å². The highest BCUT2D eigenvalue weighted by atomic mass is 16.3. The summed E-state index contributed by atoms with van der Waals surface area (Å²) in [5, 5.41) is 3.45. The van der Waals surface area contributed by atoms with Gasteiger partial charge in [-0.3, -0.25) is 0 Å². The topological polar surface area (TPSA) is 51.2 Å². The lowest BCUT2D eigenvalue weighted by Gasteiger charge is -2.30. The number of nitrogens with one attached hydrogen (secondary N) is 1. The number of rotatable bonds is 8. The minimum absolute atomic E-state index is 0.365. The van der Waals surface area contributed by atoms with Gasteiger partial charge in [0.1, 0.15) is 0 Å². The van der Waals surface area contributed by atoms with Crippen molar-refractivity contribution in [1.82, 2.24) is 5.32 Å². The van der Waals surface area contributed by atoms with Crippen molar-refractivity contribution in [3.63, 3.8) is 0 Å². The van der Waals surface area contributed by atoms with Gasteiger partial charge in [0.2, 0.25) is 0 Å². The molecular weight excluding hydrogens is 224 g/mol. The molecule has 1 aromatic rings. The molecule has 0 fully saturated rings. The zero-order chi connectivity index (χ0) is 13.4. The first-order valence-electron chi connectivity index (χ1n) is 6.96. The predicted octanol–water partition coefficient (Wildman–Crippen LogP) is 3.16. The fourth-order valence-electron chi connectivity index (χ4n) is 2.31. The first-order valence-corrected chi connectivity index (χ1v) is 6.96. The molecule has 18 heavy (non-hydrogen) atoms. The van der Waals surface area contributed by atoms with Crippen LogP contribution in [0.3, 0.4) is 0 Å². The van der Waals surface area contributed by atoms with Crippen LogP contribution in [0, 0.1) is 11.3 Å². The van der Waals surface area contributed by atoms with Crippen LogP contribution >= 0.6 is 0 Å². The highest BCUT2D eigenvalue weighted by Gasteiger charge is 2.22. The van der Waals surface area contributed by atoms with Gasteiger partial charge in [-0.1, -0.05) is 20.8 Å². The van der Waals surface area contributed by atoms with Crippen LogP contribution in [0.4, 0.5) is 0 Å². The van der Waals surface area contributed by atoms with Gasteiger partial charge in [-0.15, -0.1) is 0 Å². The minimum atomic E-state index is 0.365. The molecule has 0 aliphatic heterocycles. The Morgan fingerprint density at radius 1 is 1.33 bits per heavy atom. The molecule has 1 atom stereocenters. The van der Waals surface area contributed by atoms with E-state index in [1.54, 1.807) is 12.5 Å². The van der Waals surface area contributed by atoms with Crippen molar-refractivity contribution in [3.8, 4) is 0 Å². The summed E-state index contributed by atoms with van der Waals surface area (Å²) in [6.07, 6.45) is 7.09. The fraction of sp³-hybridized carbons (Fsp3) is 0.733. The summed E-state index contributed by atoms with van der Waals surface area (Å²) >= 11 is 0. The number of nitrogens with two attached hydrogens (primary N) is 1. The maximum absolute atomic E-state index is 5.69. The van der Waals surface area contributed by atoms with Crippen LogP contribution in [0.15, 0.2) is 23.0 Å². The molecule has 1 heterocycles. The van der Waals surface area contributed by atoms with Crippen molar-refractivity contribution in [2.24, 2.45) is 17.1 Å². The molecule has 1 rings (SSSR count). The van der Waals surface area contributed by atoms with Crippen LogP contribution in [0.25, 0.3) is 0 Å². The fourth-order valence-corrected chi connectivity index (χ4v) is 2.31. The highest BCUT2D eigenvalue weighted by Crippen LogP contribution is 2.31. The Morgan fingerprint density at radius 3 is 2.67 bits per heavy atom. The third-order valence-electron chi connectivity index (χ3n) is 3.56. The summed E-state index contributed by atoms with van der Waals surface area (Å²) < 4.78 is 5.03. The van der Waals surface area contributed by atoms with Crippen molar-refractivity contribution < 1.29 is 4.42 Å². The molecule has 0 saturated carbocycles. The van der Waals surface area contributed by atoms with E-state index in [0.29, 0.717) is 5.41 Å². The average molecular weight is 252 g/mol. The van der Waals surface area contributed by atoms with Gasteiger partial charge >= 0.3 is 0 Å². The van der Waals surface area contributed by atoms with E-state index in [2.05, 4.69) is 26.1 Å². The third-order valence-corrected chi connectivity index (χ3v) is 3.56. The SMILES string of the molecule is CC(C)(C)C(CCN)CCCNCc1ccoc1. The molecule has 0 saturated heterocycles. The van der Waals surface area contributed by atoms with Gasteiger partial charge < -0.3 is 15.5 Å². The van der Waals surface area contributed by atoms with E-state index in [-0.39, 0.29) is 0 Å². The first kappa shape index (κ1) is 15.3. The summed E-state index contributed by atoms with van der Waals surface area (Å²) in [6, 6.07) is 2.00. The van der Waals surface area contributed by atoms with Gasteiger partial charge in [0.15, 0.2) is 0 Å². The van der Waals surface area contributed by atoms with E-state index in [4.69, 9.17) is 10.2 Å². The largest absolute Gasteiger partial charge is 0.472 e. The maximum Gasteiger partial charge on any atom is 0.0947 e. The minimum Gasteiger partial charge on any atom is -0.472 e. The van der Waals surface area contributed by atoms with E-state index in [0.717, 1.165) is 32.0 Å². The average Bonchev–Trinajstić information content (AvgIpc) is 2.78. The van der Waals surface area contributed by atoms with Crippen LogP contribution in [-0.4, -0.2) is 13.1 Å². The smallest absolute Gasteiger partial charge is 0.0947 e. The quantitative estimate of drug-likeness (QED) is 0.699. The number of hydrogen-bond acceptors (Lipinski definition) is 3. The van der Waals surface area contributed by atoms with Gasteiger partial charge in [-0.05, 0) is 49.8 Å². The molecule has 1 aromatic heterocycles. The molecule has 1 unspecified atom stereocenters. The van der Waals surface area contributed by atoms with Gasteiger partial charge in [-0.25, -0.2) is 0 Å². The van der Waals surface area contributed by atoms with Crippen LogP contribution in [0.5, 0.6) is 0 Å². The monoisotopic (exact) mass is 252 g/mol. The van der Waals surface area contributed by atoms with Crippen molar-refractivity contribution in [2.75, 3.05) is 13.1 Å².